The molecule has 0 aliphatic rings. The Labute approximate surface area is 67.5 Å². The minimum atomic E-state index is -3.22. The van der Waals surface area contributed by atoms with E-state index < -0.39 is 7.82 Å². The maximum atomic E-state index is 11.3. The van der Waals surface area contributed by atoms with E-state index in [1.807, 2.05) is 0 Å². The summed E-state index contributed by atoms with van der Waals surface area (Å²) in [6.07, 6.45) is 0. The van der Waals surface area contributed by atoms with E-state index in [0.29, 0.717) is 19.8 Å². The van der Waals surface area contributed by atoms with Crippen molar-refractivity contribution in [3.8, 4) is 0 Å². The van der Waals surface area contributed by atoms with Crippen LogP contribution in [0.1, 0.15) is 20.8 Å². The predicted octanol–water partition coefficient (Wildman–Crippen LogP) is 2.20. The molecule has 0 spiro atoms. The van der Waals surface area contributed by atoms with Gasteiger partial charge in [-0.3, -0.25) is 13.6 Å². The molecule has 0 atom stereocenters. The van der Waals surface area contributed by atoms with E-state index >= 15 is 0 Å². The first kappa shape index (κ1) is 11.1. The van der Waals surface area contributed by atoms with E-state index in [-0.39, 0.29) is 0 Å². The minimum Gasteiger partial charge on any atom is -0.287 e. The van der Waals surface area contributed by atoms with Crippen molar-refractivity contribution < 1.29 is 18.1 Å². The molecule has 0 N–H and O–H groups in total. The minimum absolute atomic E-state index is 0.331. The summed E-state index contributed by atoms with van der Waals surface area (Å²) in [5.41, 5.74) is 0. The van der Waals surface area contributed by atoms with Gasteiger partial charge in [-0.2, -0.15) is 0 Å². The van der Waals surface area contributed by atoms with Crippen LogP contribution in [-0.4, -0.2) is 19.8 Å². The third-order valence-electron chi connectivity index (χ3n) is 0.862. The van der Waals surface area contributed by atoms with Crippen molar-refractivity contribution in [3.63, 3.8) is 0 Å². The van der Waals surface area contributed by atoms with Gasteiger partial charge in [0.15, 0.2) is 0 Å². The van der Waals surface area contributed by atoms with Crippen molar-refractivity contribution in [1.82, 2.24) is 0 Å². The lowest BCUT2D eigenvalue weighted by Gasteiger charge is -2.14. The SMILES string of the molecule is [13CH3][13CH2]OP(=O)(O[13CH2][13CH3])O[13CH2][13CH3]. The van der Waals surface area contributed by atoms with Crippen LogP contribution in [0, 0.1) is 0 Å². The third-order valence-corrected chi connectivity index (χ3v) is 2.58. The maximum Gasteiger partial charge on any atom is 0.474 e. The first-order valence-electron chi connectivity index (χ1n) is 3.72. The van der Waals surface area contributed by atoms with Crippen LogP contribution in [0.15, 0.2) is 0 Å². The molecular weight excluding hydrogens is 173 g/mol. The molecule has 5 heteroatoms. The summed E-state index contributed by atoms with van der Waals surface area (Å²) in [6.45, 7) is 6.21. The molecule has 0 amide bonds. The maximum absolute atomic E-state index is 11.3. The lowest BCUT2D eigenvalue weighted by atomic mass is 11.9. The topological polar surface area (TPSA) is 44.8 Å². The highest BCUT2D eigenvalue weighted by Gasteiger charge is 2.23. The summed E-state index contributed by atoms with van der Waals surface area (Å²) in [5.74, 6) is 0. The second-order valence-electron chi connectivity index (χ2n) is 1.70. The van der Waals surface area contributed by atoms with Gasteiger partial charge < -0.3 is 0 Å². The van der Waals surface area contributed by atoms with E-state index in [1.54, 1.807) is 20.8 Å². The number of phosphoric ester groups is 1. The molecule has 0 bridgehead atoms. The Morgan fingerprint density at radius 3 is 1.36 bits per heavy atom. The number of rotatable bonds is 6. The fourth-order valence-corrected chi connectivity index (χ4v) is 1.76. The smallest absolute Gasteiger partial charge is 0.287 e. The molecule has 0 heterocycles. The Bertz CT molecular complexity index is 113. The van der Waals surface area contributed by atoms with Gasteiger partial charge in [0.2, 0.25) is 0 Å². The Hall–Kier alpha value is 0.110. The van der Waals surface area contributed by atoms with Gasteiger partial charge in [0.25, 0.3) is 0 Å². The normalized spacial score (nSPS) is 11.9. The molecule has 11 heavy (non-hydrogen) atoms. The van der Waals surface area contributed by atoms with Gasteiger partial charge in [0.1, 0.15) is 0 Å². The van der Waals surface area contributed by atoms with Crippen LogP contribution < -0.4 is 0 Å². The first-order chi connectivity index (χ1) is 5.18. The van der Waals surface area contributed by atoms with Crippen LogP contribution in [0.25, 0.3) is 0 Å². The molecule has 0 aromatic rings. The number of hydrogen-bond donors (Lipinski definition) is 0. The van der Waals surface area contributed by atoms with Crippen LogP contribution in [-0.2, 0) is 18.1 Å². The first-order valence-corrected chi connectivity index (χ1v) is 5.18. The van der Waals surface area contributed by atoms with Crippen LogP contribution in [0.4, 0.5) is 0 Å². The lowest BCUT2D eigenvalue weighted by molar-refractivity contribution is 0.126. The highest BCUT2D eigenvalue weighted by molar-refractivity contribution is 7.48. The Morgan fingerprint density at radius 2 is 1.18 bits per heavy atom. The molecule has 0 saturated carbocycles. The van der Waals surface area contributed by atoms with E-state index in [1.165, 1.54) is 0 Å². The molecule has 0 rings (SSSR count). The molecule has 0 aromatic heterocycles. The molecule has 0 radical (unpaired) electrons. The van der Waals surface area contributed by atoms with Gasteiger partial charge >= 0.3 is 7.82 Å². The molecule has 0 aliphatic carbocycles. The lowest BCUT2D eigenvalue weighted by Crippen LogP contribution is -1.99. The zero-order valence-electron chi connectivity index (χ0n) is 7.20. The van der Waals surface area contributed by atoms with Crippen molar-refractivity contribution in [2.45, 2.75) is 20.8 Å². The molecule has 0 aliphatic heterocycles. The fraction of sp³-hybridized carbons (Fsp3) is 1.00. The van der Waals surface area contributed by atoms with Gasteiger partial charge in [0.05, 0.1) is 19.8 Å². The van der Waals surface area contributed by atoms with E-state index in [0.717, 1.165) is 0 Å². The second-order valence-corrected chi connectivity index (χ2v) is 3.37. The molecule has 0 unspecified atom stereocenters. The van der Waals surface area contributed by atoms with Crippen LogP contribution in [0.5, 0.6) is 0 Å². The number of hydrogen-bond acceptors (Lipinski definition) is 4. The molecule has 0 saturated heterocycles. The van der Waals surface area contributed by atoms with Gasteiger partial charge in [-0.1, -0.05) is 0 Å². The van der Waals surface area contributed by atoms with Crippen molar-refractivity contribution in [2.75, 3.05) is 19.8 Å². The molecular formula is C6H15O4P. The molecule has 68 valence electrons. The zero-order valence-corrected chi connectivity index (χ0v) is 8.10. The summed E-state index contributed by atoms with van der Waals surface area (Å²) < 4.78 is 25.8. The molecule has 0 fully saturated rings. The van der Waals surface area contributed by atoms with Crippen LogP contribution in [0.3, 0.4) is 0 Å². The van der Waals surface area contributed by atoms with E-state index in [4.69, 9.17) is 13.6 Å². The van der Waals surface area contributed by atoms with Crippen LogP contribution in [0.2, 0.25) is 0 Å². The standard InChI is InChI=1S/C6H15O4P/c1-4-8-11(7,9-5-2)10-6-3/h4-6H2,1-3H3/i1+1,2+1,3+1,4+1,5+1,6+1. The highest BCUT2D eigenvalue weighted by atomic mass is 31.2. The van der Waals surface area contributed by atoms with E-state index in [9.17, 15) is 4.57 Å². The van der Waals surface area contributed by atoms with Crippen molar-refractivity contribution in [3.05, 3.63) is 0 Å². The molecule has 0 aromatic carbocycles. The second kappa shape index (κ2) is 5.72. The Kier molecular flexibility index (Phi) is 5.78. The Morgan fingerprint density at radius 1 is 0.909 bits per heavy atom. The summed E-state index contributed by atoms with van der Waals surface area (Å²) in [5, 5.41) is 0. The zero-order chi connectivity index (χ0) is 8.74. The third kappa shape index (κ3) is 4.53. The Balaban J connectivity index is 3.91. The predicted molar refractivity (Wildman–Crippen MR) is 42.5 cm³/mol. The van der Waals surface area contributed by atoms with Gasteiger partial charge in [0, 0.05) is 0 Å². The number of phosphoric acid groups is 1. The van der Waals surface area contributed by atoms with Gasteiger partial charge in [-0.15, -0.1) is 0 Å². The van der Waals surface area contributed by atoms with Crippen LogP contribution >= 0.6 is 7.82 Å². The largest absolute Gasteiger partial charge is 0.474 e. The van der Waals surface area contributed by atoms with Crippen molar-refractivity contribution >= 4 is 7.82 Å². The molecule has 4 nitrogen and oxygen atoms in total. The monoisotopic (exact) mass is 188 g/mol. The average Bonchev–Trinajstić information content (AvgIpc) is 1.88. The summed E-state index contributed by atoms with van der Waals surface area (Å²) >= 11 is 0. The highest BCUT2D eigenvalue weighted by Crippen LogP contribution is 2.48. The van der Waals surface area contributed by atoms with Crippen molar-refractivity contribution in [1.29, 1.82) is 0 Å². The van der Waals surface area contributed by atoms with E-state index in [2.05, 4.69) is 0 Å². The summed E-state index contributed by atoms with van der Waals surface area (Å²) in [7, 11) is -3.22. The average molecular weight is 188 g/mol. The van der Waals surface area contributed by atoms with Crippen molar-refractivity contribution in [2.24, 2.45) is 0 Å². The summed E-state index contributed by atoms with van der Waals surface area (Å²) in [4.78, 5) is 0. The van der Waals surface area contributed by atoms with Gasteiger partial charge in [-0.25, -0.2) is 4.57 Å². The summed E-state index contributed by atoms with van der Waals surface area (Å²) in [6, 6.07) is 0. The van der Waals surface area contributed by atoms with Gasteiger partial charge in [-0.05, 0) is 20.8 Å². The fourth-order valence-electron chi connectivity index (χ4n) is 0.586. The quantitative estimate of drug-likeness (QED) is 0.473.